The minimum absolute atomic E-state index is 0.201. The van der Waals surface area contributed by atoms with Crippen molar-refractivity contribution in [2.45, 2.75) is 99.4 Å². The van der Waals surface area contributed by atoms with Crippen LogP contribution in [0.3, 0.4) is 0 Å². The topological polar surface area (TPSA) is 47.9 Å². The molecule has 4 heteroatoms. The number of hydrogen-bond donors (Lipinski definition) is 1. The molecule has 0 spiro atoms. The van der Waals surface area contributed by atoms with Crippen molar-refractivity contribution >= 4 is 0 Å². The summed E-state index contributed by atoms with van der Waals surface area (Å²) in [4.78, 5) is 14.5. The fraction of sp³-hybridized carbons (Fsp3) is 1.00. The van der Waals surface area contributed by atoms with Crippen molar-refractivity contribution in [3.8, 4) is 0 Å². The van der Waals surface area contributed by atoms with Crippen LogP contribution in [0.2, 0.25) is 0 Å². The van der Waals surface area contributed by atoms with E-state index in [0.717, 1.165) is 6.42 Å². The highest BCUT2D eigenvalue weighted by Gasteiger charge is 2.26. The van der Waals surface area contributed by atoms with E-state index < -0.39 is 5.60 Å². The second-order valence-corrected chi connectivity index (χ2v) is 8.98. The Kier molecular flexibility index (Phi) is 8.56. The summed E-state index contributed by atoms with van der Waals surface area (Å²) in [6.45, 7) is 21.8. The molecule has 0 bridgehead atoms. The Balaban J connectivity index is 0. The molecule has 0 amide bonds. The van der Waals surface area contributed by atoms with Crippen molar-refractivity contribution in [2.75, 3.05) is 0 Å². The first kappa shape index (κ1) is 22.1. The molecule has 0 rings (SSSR count). The highest BCUT2D eigenvalue weighted by Crippen LogP contribution is 2.28. The number of rotatable bonds is 3. The normalized spacial score (nSPS) is 13.8. The Morgan fingerprint density at radius 3 is 1.05 bits per heavy atom. The molecule has 124 valence electrons. The van der Waals surface area contributed by atoms with E-state index >= 15 is 0 Å². The monoisotopic (exact) mass is 292 g/mol. The van der Waals surface area contributed by atoms with E-state index in [1.54, 1.807) is 0 Å². The van der Waals surface area contributed by atoms with Crippen LogP contribution in [0.15, 0.2) is 0 Å². The highest BCUT2D eigenvalue weighted by atomic mass is 17.2. The molecule has 0 aliphatic carbocycles. The van der Waals surface area contributed by atoms with Gasteiger partial charge in [0.1, 0.15) is 0 Å². The summed E-state index contributed by atoms with van der Waals surface area (Å²) >= 11 is 0. The molecule has 0 aromatic heterocycles. The first-order valence-electron chi connectivity index (χ1n) is 7.17. The van der Waals surface area contributed by atoms with Gasteiger partial charge >= 0.3 is 0 Å². The van der Waals surface area contributed by atoms with Crippen molar-refractivity contribution < 1.29 is 19.9 Å². The maximum atomic E-state index is 8.46. The largest absolute Gasteiger partial charge is 0.251 e. The fourth-order valence-corrected chi connectivity index (χ4v) is 1.56. The van der Waals surface area contributed by atoms with Crippen molar-refractivity contribution in [1.29, 1.82) is 0 Å². The van der Waals surface area contributed by atoms with Crippen LogP contribution in [-0.2, 0) is 14.7 Å². The zero-order valence-corrected chi connectivity index (χ0v) is 15.4. The van der Waals surface area contributed by atoms with Gasteiger partial charge < -0.3 is 0 Å². The summed E-state index contributed by atoms with van der Waals surface area (Å²) in [6, 6.07) is 0. The molecule has 20 heavy (non-hydrogen) atoms. The van der Waals surface area contributed by atoms with E-state index in [1.165, 1.54) is 0 Å². The zero-order valence-electron chi connectivity index (χ0n) is 15.4. The number of hydrogen-bond acceptors (Lipinski definition) is 4. The lowest BCUT2D eigenvalue weighted by Crippen LogP contribution is -2.28. The van der Waals surface area contributed by atoms with Crippen molar-refractivity contribution in [3.63, 3.8) is 0 Å². The van der Waals surface area contributed by atoms with Gasteiger partial charge in [0.2, 0.25) is 0 Å². The maximum Gasteiger partial charge on any atom is 0.0982 e. The zero-order chi connectivity index (χ0) is 16.8. The lowest BCUT2D eigenvalue weighted by atomic mass is 9.84. The lowest BCUT2D eigenvalue weighted by Gasteiger charge is -2.29. The standard InChI is InChI=1S/2C8H18O2/c1-7(2,3)9-10-8(4,5)6;1-7(2,3)6-8(4,5)10-9/h1-6H3;9H,6H2,1-5H3. The molecular weight excluding hydrogens is 256 g/mol. The van der Waals surface area contributed by atoms with E-state index in [2.05, 4.69) is 25.7 Å². The van der Waals surface area contributed by atoms with Gasteiger partial charge in [-0.1, -0.05) is 20.8 Å². The third-order valence-corrected chi connectivity index (χ3v) is 1.74. The molecule has 0 saturated heterocycles. The first-order chi connectivity index (χ1) is 8.47. The van der Waals surface area contributed by atoms with Gasteiger partial charge in [0.05, 0.1) is 16.8 Å². The minimum Gasteiger partial charge on any atom is -0.251 e. The van der Waals surface area contributed by atoms with Gasteiger partial charge in [-0.2, -0.15) is 0 Å². The van der Waals surface area contributed by atoms with Crippen LogP contribution in [-0.4, -0.2) is 22.1 Å². The molecule has 0 aromatic rings. The molecule has 0 atom stereocenters. The van der Waals surface area contributed by atoms with Gasteiger partial charge in [0.15, 0.2) is 0 Å². The summed E-state index contributed by atoms with van der Waals surface area (Å²) < 4.78 is 0. The first-order valence-corrected chi connectivity index (χ1v) is 7.17. The Morgan fingerprint density at radius 2 is 0.950 bits per heavy atom. The predicted molar refractivity (Wildman–Crippen MR) is 83.5 cm³/mol. The summed E-state index contributed by atoms with van der Waals surface area (Å²) in [5.74, 6) is 0. The predicted octanol–water partition coefficient (Wildman–Crippen LogP) is 5.22. The summed E-state index contributed by atoms with van der Waals surface area (Å²) in [6.07, 6.45) is 0.844. The van der Waals surface area contributed by atoms with E-state index in [1.807, 2.05) is 55.4 Å². The molecule has 0 heterocycles. The summed E-state index contributed by atoms with van der Waals surface area (Å²) in [5.41, 5.74) is -0.648. The van der Waals surface area contributed by atoms with Crippen LogP contribution in [0.4, 0.5) is 0 Å². The average Bonchev–Trinajstić information content (AvgIpc) is 2.10. The SMILES string of the molecule is CC(C)(C)CC(C)(C)OO.CC(C)(C)OOC(C)(C)C. The lowest BCUT2D eigenvalue weighted by molar-refractivity contribution is -0.393. The van der Waals surface area contributed by atoms with Gasteiger partial charge in [0.25, 0.3) is 0 Å². The van der Waals surface area contributed by atoms with E-state index in [4.69, 9.17) is 15.0 Å². The maximum absolute atomic E-state index is 8.46. The van der Waals surface area contributed by atoms with Crippen LogP contribution in [0.25, 0.3) is 0 Å². The quantitative estimate of drug-likeness (QED) is 0.572. The van der Waals surface area contributed by atoms with Crippen LogP contribution in [0.5, 0.6) is 0 Å². The van der Waals surface area contributed by atoms with Crippen molar-refractivity contribution in [3.05, 3.63) is 0 Å². The van der Waals surface area contributed by atoms with Crippen LogP contribution < -0.4 is 0 Å². The Morgan fingerprint density at radius 1 is 0.650 bits per heavy atom. The molecule has 0 aliphatic heterocycles. The van der Waals surface area contributed by atoms with E-state index in [0.29, 0.717) is 0 Å². The van der Waals surface area contributed by atoms with Crippen LogP contribution in [0, 0.1) is 5.41 Å². The molecule has 0 unspecified atom stereocenters. The molecule has 0 fully saturated rings. The third kappa shape index (κ3) is 20.2. The molecular formula is C16H36O4. The van der Waals surface area contributed by atoms with Gasteiger partial charge in [-0.05, 0) is 67.2 Å². The molecule has 1 N–H and O–H groups in total. The van der Waals surface area contributed by atoms with E-state index in [-0.39, 0.29) is 16.6 Å². The van der Waals surface area contributed by atoms with Gasteiger partial charge in [-0.15, -0.1) is 0 Å². The van der Waals surface area contributed by atoms with Crippen molar-refractivity contribution in [1.82, 2.24) is 0 Å². The molecule has 0 aliphatic rings. The van der Waals surface area contributed by atoms with Crippen LogP contribution >= 0.6 is 0 Å². The third-order valence-electron chi connectivity index (χ3n) is 1.74. The summed E-state index contributed by atoms with van der Waals surface area (Å²) in [7, 11) is 0. The van der Waals surface area contributed by atoms with Gasteiger partial charge in [-0.25, -0.2) is 14.7 Å². The highest BCUT2D eigenvalue weighted by molar-refractivity contribution is 4.75. The second kappa shape index (κ2) is 7.74. The molecule has 0 aromatic carbocycles. The summed E-state index contributed by atoms with van der Waals surface area (Å²) in [5, 5.41) is 8.46. The van der Waals surface area contributed by atoms with Crippen molar-refractivity contribution in [2.24, 2.45) is 5.41 Å². The second-order valence-electron chi connectivity index (χ2n) is 8.98. The minimum atomic E-state index is -0.418. The Labute approximate surface area is 125 Å². The molecule has 0 radical (unpaired) electrons. The van der Waals surface area contributed by atoms with Gasteiger partial charge in [0, 0.05) is 0 Å². The van der Waals surface area contributed by atoms with E-state index in [9.17, 15) is 0 Å². The Hall–Kier alpha value is -0.160. The smallest absolute Gasteiger partial charge is 0.0982 e. The Bertz CT molecular complexity index is 237. The molecule has 0 saturated carbocycles. The average molecular weight is 292 g/mol. The fourth-order valence-electron chi connectivity index (χ4n) is 1.56. The van der Waals surface area contributed by atoms with Gasteiger partial charge in [-0.3, -0.25) is 5.26 Å². The molecule has 4 nitrogen and oxygen atoms in total. The van der Waals surface area contributed by atoms with Crippen LogP contribution in [0.1, 0.15) is 82.6 Å².